The predicted octanol–water partition coefficient (Wildman–Crippen LogP) is -1.62. The first kappa shape index (κ1) is 12.9. The van der Waals surface area contributed by atoms with Crippen LogP contribution in [0.15, 0.2) is 0 Å². The van der Waals surface area contributed by atoms with Crippen molar-refractivity contribution in [2.45, 2.75) is 13.1 Å². The Morgan fingerprint density at radius 3 is 2.67 bits per heavy atom. The van der Waals surface area contributed by atoms with Gasteiger partial charge in [-0.25, -0.2) is 0 Å². The lowest BCUT2D eigenvalue weighted by Crippen LogP contribution is -2.53. The van der Waals surface area contributed by atoms with Gasteiger partial charge in [0.25, 0.3) is 0 Å². The fourth-order valence-electron chi connectivity index (χ4n) is 1.80. The van der Waals surface area contributed by atoms with Gasteiger partial charge in [0.15, 0.2) is 0 Å². The fraction of sp³-hybridized carbons (Fsp3) is 1.00. The molecule has 5 heteroatoms. The fourth-order valence-corrected chi connectivity index (χ4v) is 1.80. The van der Waals surface area contributed by atoms with E-state index in [1.165, 1.54) is 0 Å². The number of nitrogens with zero attached hydrogens (tertiary/aromatic N) is 1. The molecule has 0 aromatic carbocycles. The van der Waals surface area contributed by atoms with E-state index in [0.29, 0.717) is 12.7 Å². The molecule has 0 aliphatic carbocycles. The zero-order valence-corrected chi connectivity index (χ0v) is 9.76. The van der Waals surface area contributed by atoms with E-state index in [1.54, 1.807) is 0 Å². The van der Waals surface area contributed by atoms with Gasteiger partial charge in [-0.15, -0.1) is 0 Å². The van der Waals surface area contributed by atoms with Crippen molar-refractivity contribution in [2.75, 3.05) is 52.4 Å². The van der Waals surface area contributed by atoms with E-state index < -0.39 is 0 Å². The maximum absolute atomic E-state index is 5.39. The third-order valence-electron chi connectivity index (χ3n) is 2.76. The molecule has 1 heterocycles. The average molecular weight is 215 g/mol. The summed E-state index contributed by atoms with van der Waals surface area (Å²) in [4.78, 5) is 2.47. The standard InChI is InChI=1S/C10H25N5/c1-10(14-5-4-12-3-2-11)15-8-6-13-7-9-15/h10,12-14H,2-9,11H2,1H3. The Balaban J connectivity index is 1.99. The highest BCUT2D eigenvalue weighted by Gasteiger charge is 2.14. The topological polar surface area (TPSA) is 65.3 Å². The van der Waals surface area contributed by atoms with Crippen LogP contribution in [0.1, 0.15) is 6.92 Å². The van der Waals surface area contributed by atoms with Crippen molar-refractivity contribution in [3.8, 4) is 0 Å². The van der Waals surface area contributed by atoms with Gasteiger partial charge in [-0.05, 0) is 6.92 Å². The van der Waals surface area contributed by atoms with E-state index >= 15 is 0 Å². The summed E-state index contributed by atoms with van der Waals surface area (Å²) in [5.74, 6) is 0. The number of hydrogen-bond donors (Lipinski definition) is 4. The van der Waals surface area contributed by atoms with Gasteiger partial charge in [0.2, 0.25) is 0 Å². The number of rotatable bonds is 7. The Labute approximate surface area is 92.8 Å². The second-order valence-electron chi connectivity index (χ2n) is 3.95. The molecule has 0 aromatic rings. The normalized spacial score (nSPS) is 20.4. The van der Waals surface area contributed by atoms with Crippen molar-refractivity contribution in [1.29, 1.82) is 0 Å². The Kier molecular flexibility index (Phi) is 6.87. The summed E-state index contributed by atoms with van der Waals surface area (Å²) in [5, 5.41) is 10.1. The van der Waals surface area contributed by atoms with Crippen molar-refractivity contribution < 1.29 is 0 Å². The zero-order valence-electron chi connectivity index (χ0n) is 9.76. The highest BCUT2D eigenvalue weighted by atomic mass is 15.3. The summed E-state index contributed by atoms with van der Waals surface area (Å²) in [7, 11) is 0. The highest BCUT2D eigenvalue weighted by Crippen LogP contribution is 1.96. The van der Waals surface area contributed by atoms with Crippen LogP contribution in [0, 0.1) is 0 Å². The summed E-state index contributed by atoms with van der Waals surface area (Å²) >= 11 is 0. The molecule has 1 unspecified atom stereocenters. The van der Waals surface area contributed by atoms with Crippen LogP contribution >= 0.6 is 0 Å². The number of nitrogens with two attached hydrogens (primary N) is 1. The Hall–Kier alpha value is -0.200. The molecular weight excluding hydrogens is 190 g/mol. The molecule has 1 aliphatic heterocycles. The van der Waals surface area contributed by atoms with Gasteiger partial charge in [-0.2, -0.15) is 0 Å². The number of hydrogen-bond acceptors (Lipinski definition) is 5. The van der Waals surface area contributed by atoms with Crippen LogP contribution in [-0.2, 0) is 0 Å². The van der Waals surface area contributed by atoms with E-state index in [1.807, 2.05) is 0 Å². The lowest BCUT2D eigenvalue weighted by Gasteiger charge is -2.33. The molecular formula is C10H25N5. The monoisotopic (exact) mass is 215 g/mol. The molecule has 0 spiro atoms. The van der Waals surface area contributed by atoms with Crippen LogP contribution in [0.25, 0.3) is 0 Å². The second kappa shape index (κ2) is 8.01. The largest absolute Gasteiger partial charge is 0.329 e. The van der Waals surface area contributed by atoms with Crippen molar-refractivity contribution in [1.82, 2.24) is 20.9 Å². The molecule has 1 saturated heterocycles. The molecule has 5 N–H and O–H groups in total. The maximum Gasteiger partial charge on any atom is 0.0569 e. The summed E-state index contributed by atoms with van der Waals surface area (Å²) < 4.78 is 0. The molecule has 1 rings (SSSR count). The SMILES string of the molecule is CC(NCCNCCN)N1CCNCC1. The molecule has 0 saturated carbocycles. The molecule has 1 aliphatic rings. The molecule has 0 aromatic heterocycles. The van der Waals surface area contributed by atoms with Crippen molar-refractivity contribution in [3.05, 3.63) is 0 Å². The molecule has 0 radical (unpaired) electrons. The average Bonchev–Trinajstić information content (AvgIpc) is 2.30. The summed E-state index contributed by atoms with van der Waals surface area (Å²) in [6, 6.07) is 0. The minimum absolute atomic E-state index is 0.478. The van der Waals surface area contributed by atoms with E-state index in [-0.39, 0.29) is 0 Å². The smallest absolute Gasteiger partial charge is 0.0569 e. The van der Waals surface area contributed by atoms with E-state index in [9.17, 15) is 0 Å². The predicted molar refractivity (Wildman–Crippen MR) is 63.8 cm³/mol. The second-order valence-corrected chi connectivity index (χ2v) is 3.95. The van der Waals surface area contributed by atoms with Gasteiger partial charge < -0.3 is 21.7 Å². The first-order chi connectivity index (χ1) is 7.34. The number of piperazine rings is 1. The third kappa shape index (κ3) is 5.44. The Bertz CT molecular complexity index is 147. The molecule has 90 valence electrons. The van der Waals surface area contributed by atoms with Crippen molar-refractivity contribution in [3.63, 3.8) is 0 Å². The quantitative estimate of drug-likeness (QED) is 0.384. The van der Waals surface area contributed by atoms with Crippen molar-refractivity contribution >= 4 is 0 Å². The van der Waals surface area contributed by atoms with E-state index in [0.717, 1.165) is 45.8 Å². The Morgan fingerprint density at radius 1 is 1.27 bits per heavy atom. The van der Waals surface area contributed by atoms with Gasteiger partial charge in [-0.1, -0.05) is 0 Å². The minimum atomic E-state index is 0.478. The van der Waals surface area contributed by atoms with E-state index in [2.05, 4.69) is 27.8 Å². The summed E-state index contributed by atoms with van der Waals surface area (Å²) in [5.41, 5.74) is 5.39. The molecule has 15 heavy (non-hydrogen) atoms. The first-order valence-electron chi connectivity index (χ1n) is 5.93. The third-order valence-corrected chi connectivity index (χ3v) is 2.76. The van der Waals surface area contributed by atoms with Crippen LogP contribution in [0.2, 0.25) is 0 Å². The van der Waals surface area contributed by atoms with Gasteiger partial charge in [0, 0.05) is 52.4 Å². The minimum Gasteiger partial charge on any atom is -0.329 e. The van der Waals surface area contributed by atoms with Crippen molar-refractivity contribution in [2.24, 2.45) is 5.73 Å². The summed E-state index contributed by atoms with van der Waals surface area (Å²) in [6.45, 7) is 10.4. The lowest BCUT2D eigenvalue weighted by molar-refractivity contribution is 0.158. The first-order valence-corrected chi connectivity index (χ1v) is 5.93. The molecule has 0 amide bonds. The van der Waals surface area contributed by atoms with Crippen LogP contribution in [0.4, 0.5) is 0 Å². The van der Waals surface area contributed by atoms with Gasteiger partial charge in [0.1, 0.15) is 0 Å². The van der Waals surface area contributed by atoms with Gasteiger partial charge in [-0.3, -0.25) is 4.90 Å². The zero-order chi connectivity index (χ0) is 10.9. The lowest BCUT2D eigenvalue weighted by atomic mass is 10.3. The van der Waals surface area contributed by atoms with Gasteiger partial charge in [0.05, 0.1) is 6.17 Å². The molecule has 5 nitrogen and oxygen atoms in total. The van der Waals surface area contributed by atoms with Crippen LogP contribution in [-0.4, -0.2) is 63.4 Å². The van der Waals surface area contributed by atoms with Crippen LogP contribution in [0.5, 0.6) is 0 Å². The number of nitrogens with one attached hydrogen (secondary N) is 3. The summed E-state index contributed by atoms with van der Waals surface area (Å²) in [6.07, 6.45) is 0.478. The van der Waals surface area contributed by atoms with Crippen LogP contribution in [0.3, 0.4) is 0 Å². The molecule has 0 bridgehead atoms. The molecule has 1 fully saturated rings. The maximum atomic E-state index is 5.39. The van der Waals surface area contributed by atoms with Gasteiger partial charge >= 0.3 is 0 Å². The van der Waals surface area contributed by atoms with E-state index in [4.69, 9.17) is 5.73 Å². The molecule has 1 atom stereocenters. The highest BCUT2D eigenvalue weighted by molar-refractivity contribution is 4.72. The Morgan fingerprint density at radius 2 is 2.00 bits per heavy atom. The van der Waals surface area contributed by atoms with Crippen LogP contribution < -0.4 is 21.7 Å².